The lowest BCUT2D eigenvalue weighted by molar-refractivity contribution is 0.0881. The minimum absolute atomic E-state index is 0.139. The van der Waals surface area contributed by atoms with Gasteiger partial charge in [-0.1, -0.05) is 43.1 Å². The van der Waals surface area contributed by atoms with Crippen LogP contribution in [0, 0.1) is 0 Å². The van der Waals surface area contributed by atoms with Crippen LogP contribution < -0.4 is 5.73 Å². The van der Waals surface area contributed by atoms with Crippen molar-refractivity contribution in [2.45, 2.75) is 57.7 Å². The minimum Gasteiger partial charge on any atom is -0.326 e. The van der Waals surface area contributed by atoms with E-state index in [1.54, 1.807) is 0 Å². The molecule has 1 heterocycles. The average Bonchev–Trinajstić information content (AvgIpc) is 2.43. The van der Waals surface area contributed by atoms with Gasteiger partial charge in [0.2, 0.25) is 0 Å². The maximum Gasteiger partial charge on any atom is 0.0516 e. The van der Waals surface area contributed by atoms with Gasteiger partial charge in [0.05, 0.1) is 6.04 Å². The first kappa shape index (κ1) is 14.8. The van der Waals surface area contributed by atoms with Gasteiger partial charge in [0.25, 0.3) is 0 Å². The summed E-state index contributed by atoms with van der Waals surface area (Å²) in [6, 6.07) is 9.12. The van der Waals surface area contributed by atoms with Crippen LogP contribution in [0.1, 0.15) is 51.1 Å². The van der Waals surface area contributed by atoms with Crippen molar-refractivity contribution in [3.8, 4) is 0 Å². The Balaban J connectivity index is 2.33. The lowest BCUT2D eigenvalue weighted by Gasteiger charge is -2.42. The maximum absolute atomic E-state index is 6.41. The Hall–Kier alpha value is -0.570. The highest BCUT2D eigenvalue weighted by atomic mass is 35.5. The Bertz CT molecular complexity index is 407. The van der Waals surface area contributed by atoms with E-state index in [0.717, 1.165) is 18.0 Å². The number of hydrogen-bond acceptors (Lipinski definition) is 2. The predicted molar refractivity (Wildman–Crippen MR) is 82.5 cm³/mol. The first-order valence-electron chi connectivity index (χ1n) is 7.41. The van der Waals surface area contributed by atoms with E-state index in [9.17, 15) is 0 Å². The van der Waals surface area contributed by atoms with Crippen molar-refractivity contribution in [2.24, 2.45) is 5.73 Å². The van der Waals surface area contributed by atoms with E-state index in [1.807, 2.05) is 12.1 Å². The topological polar surface area (TPSA) is 29.3 Å². The third kappa shape index (κ3) is 3.31. The Morgan fingerprint density at radius 2 is 2.11 bits per heavy atom. The molecule has 2 rings (SSSR count). The molecular formula is C16H25ClN2. The summed E-state index contributed by atoms with van der Waals surface area (Å²) >= 11 is 6.40. The highest BCUT2D eigenvalue weighted by Gasteiger charge is 2.31. The van der Waals surface area contributed by atoms with Gasteiger partial charge in [-0.2, -0.15) is 0 Å². The van der Waals surface area contributed by atoms with Crippen LogP contribution >= 0.6 is 11.6 Å². The molecule has 3 unspecified atom stereocenters. The number of piperidine rings is 1. The molecule has 1 aromatic rings. The molecule has 2 N–H and O–H groups in total. The summed E-state index contributed by atoms with van der Waals surface area (Å²) in [5.74, 6) is 0. The first-order chi connectivity index (χ1) is 9.15. The normalized spacial score (nSPS) is 24.1. The monoisotopic (exact) mass is 280 g/mol. The van der Waals surface area contributed by atoms with Crippen LogP contribution in [-0.2, 0) is 0 Å². The van der Waals surface area contributed by atoms with Crippen LogP contribution in [0.5, 0.6) is 0 Å². The maximum atomic E-state index is 6.41. The summed E-state index contributed by atoms with van der Waals surface area (Å²) in [6.45, 7) is 5.60. The number of nitrogens with two attached hydrogens (primary N) is 1. The van der Waals surface area contributed by atoms with Crippen LogP contribution in [0.25, 0.3) is 0 Å². The third-order valence-corrected chi connectivity index (χ3v) is 4.66. The van der Waals surface area contributed by atoms with E-state index in [4.69, 9.17) is 17.3 Å². The molecule has 0 radical (unpaired) electrons. The zero-order valence-corrected chi connectivity index (χ0v) is 12.7. The molecule has 3 atom stereocenters. The molecule has 0 aromatic heterocycles. The van der Waals surface area contributed by atoms with Crippen molar-refractivity contribution in [2.75, 3.05) is 6.54 Å². The summed E-state index contributed by atoms with van der Waals surface area (Å²) in [4.78, 5) is 2.55. The van der Waals surface area contributed by atoms with E-state index in [2.05, 4.69) is 30.9 Å². The highest BCUT2D eigenvalue weighted by Crippen LogP contribution is 2.34. The van der Waals surface area contributed by atoms with Gasteiger partial charge in [0.1, 0.15) is 0 Å². The van der Waals surface area contributed by atoms with Gasteiger partial charge in [-0.25, -0.2) is 0 Å². The molecule has 0 amide bonds. The second kappa shape index (κ2) is 6.74. The standard InChI is InChI=1S/C16H25ClN2/c1-3-15(18)16(13-9-4-5-10-14(13)17)19-11-7-6-8-12(19)2/h4-5,9-10,12,15-16H,3,6-8,11,18H2,1-2H3. The molecule has 0 saturated carbocycles. The summed E-state index contributed by atoms with van der Waals surface area (Å²) in [7, 11) is 0. The number of benzene rings is 1. The van der Waals surface area contributed by atoms with Crippen molar-refractivity contribution >= 4 is 11.6 Å². The number of rotatable bonds is 4. The second-order valence-corrected chi connectivity index (χ2v) is 6.03. The summed E-state index contributed by atoms with van der Waals surface area (Å²) < 4.78 is 0. The summed E-state index contributed by atoms with van der Waals surface area (Å²) in [5.41, 5.74) is 7.60. The molecule has 1 aliphatic rings. The second-order valence-electron chi connectivity index (χ2n) is 5.62. The third-order valence-electron chi connectivity index (χ3n) is 4.31. The van der Waals surface area contributed by atoms with Crippen molar-refractivity contribution in [1.29, 1.82) is 0 Å². The van der Waals surface area contributed by atoms with Crippen LogP contribution in [-0.4, -0.2) is 23.5 Å². The average molecular weight is 281 g/mol. The van der Waals surface area contributed by atoms with Crippen molar-refractivity contribution in [1.82, 2.24) is 4.90 Å². The molecule has 19 heavy (non-hydrogen) atoms. The van der Waals surface area contributed by atoms with Gasteiger partial charge >= 0.3 is 0 Å². The van der Waals surface area contributed by atoms with E-state index in [0.29, 0.717) is 6.04 Å². The zero-order valence-electron chi connectivity index (χ0n) is 12.0. The Morgan fingerprint density at radius 3 is 2.74 bits per heavy atom. The lowest BCUT2D eigenvalue weighted by Crippen LogP contribution is -2.47. The van der Waals surface area contributed by atoms with E-state index < -0.39 is 0 Å². The molecule has 0 bridgehead atoms. The van der Waals surface area contributed by atoms with E-state index >= 15 is 0 Å². The predicted octanol–water partition coefficient (Wildman–Crippen LogP) is 3.99. The lowest BCUT2D eigenvalue weighted by atomic mass is 9.91. The van der Waals surface area contributed by atoms with Crippen molar-refractivity contribution in [3.05, 3.63) is 34.9 Å². The summed E-state index contributed by atoms with van der Waals surface area (Å²) in [5, 5.41) is 0.842. The van der Waals surface area contributed by atoms with Gasteiger partial charge in [-0.15, -0.1) is 0 Å². The van der Waals surface area contributed by atoms with Crippen LogP contribution in [0.2, 0.25) is 5.02 Å². The van der Waals surface area contributed by atoms with Gasteiger partial charge < -0.3 is 5.73 Å². The Labute approximate surface area is 121 Å². The number of halogens is 1. The minimum atomic E-state index is 0.139. The Morgan fingerprint density at radius 1 is 1.37 bits per heavy atom. The van der Waals surface area contributed by atoms with Gasteiger partial charge in [0.15, 0.2) is 0 Å². The molecule has 1 fully saturated rings. The smallest absolute Gasteiger partial charge is 0.0516 e. The molecule has 1 saturated heterocycles. The van der Waals surface area contributed by atoms with Crippen LogP contribution in [0.4, 0.5) is 0 Å². The molecule has 2 nitrogen and oxygen atoms in total. The Kier molecular flexibility index (Phi) is 5.26. The molecule has 1 aromatic carbocycles. The van der Waals surface area contributed by atoms with Crippen LogP contribution in [0.15, 0.2) is 24.3 Å². The molecule has 3 heteroatoms. The fourth-order valence-corrected chi connectivity index (χ4v) is 3.37. The summed E-state index contributed by atoms with van der Waals surface area (Å²) in [6.07, 6.45) is 4.83. The molecule has 0 spiro atoms. The molecule has 0 aliphatic carbocycles. The quantitative estimate of drug-likeness (QED) is 0.903. The van der Waals surface area contributed by atoms with Crippen molar-refractivity contribution < 1.29 is 0 Å². The molecule has 106 valence electrons. The SMILES string of the molecule is CCC(N)C(c1ccccc1Cl)N1CCCCC1C. The van der Waals surface area contributed by atoms with Gasteiger partial charge in [0, 0.05) is 17.1 Å². The number of likely N-dealkylation sites (tertiary alicyclic amines) is 1. The van der Waals surface area contributed by atoms with Crippen LogP contribution in [0.3, 0.4) is 0 Å². The highest BCUT2D eigenvalue weighted by molar-refractivity contribution is 6.31. The fraction of sp³-hybridized carbons (Fsp3) is 0.625. The van der Waals surface area contributed by atoms with Gasteiger partial charge in [-0.3, -0.25) is 4.90 Å². The number of nitrogens with zero attached hydrogens (tertiary/aromatic N) is 1. The van der Waals surface area contributed by atoms with E-state index in [1.165, 1.54) is 24.8 Å². The fourth-order valence-electron chi connectivity index (χ4n) is 3.13. The first-order valence-corrected chi connectivity index (χ1v) is 7.78. The molecule has 1 aliphatic heterocycles. The van der Waals surface area contributed by atoms with Crippen molar-refractivity contribution in [3.63, 3.8) is 0 Å². The number of hydrogen-bond donors (Lipinski definition) is 1. The van der Waals surface area contributed by atoms with E-state index in [-0.39, 0.29) is 12.1 Å². The van der Waals surface area contributed by atoms with Gasteiger partial charge in [-0.05, 0) is 44.4 Å². The largest absolute Gasteiger partial charge is 0.326 e. The zero-order chi connectivity index (χ0) is 13.8. The molecular weight excluding hydrogens is 256 g/mol.